The zero-order valence-corrected chi connectivity index (χ0v) is 17.2. The summed E-state index contributed by atoms with van der Waals surface area (Å²) in [5.41, 5.74) is 1.05. The summed E-state index contributed by atoms with van der Waals surface area (Å²) in [5, 5.41) is 2.69. The van der Waals surface area contributed by atoms with Gasteiger partial charge in [-0.1, -0.05) is 17.7 Å². The SMILES string of the molecule is Cc1ccc(S(=O)(=O)N2CCOCC2)cc1NC(=O)COc1ccc(F)cc1Cl. The molecule has 29 heavy (non-hydrogen) atoms. The van der Waals surface area contributed by atoms with Crippen LogP contribution in [0.5, 0.6) is 5.75 Å². The van der Waals surface area contributed by atoms with Gasteiger partial charge in [0, 0.05) is 18.8 Å². The molecule has 7 nitrogen and oxygen atoms in total. The molecule has 0 radical (unpaired) electrons. The largest absolute Gasteiger partial charge is 0.482 e. The van der Waals surface area contributed by atoms with Crippen LogP contribution in [0.2, 0.25) is 5.02 Å². The number of carbonyl (C=O) groups is 1. The van der Waals surface area contributed by atoms with Gasteiger partial charge in [0.1, 0.15) is 11.6 Å². The lowest BCUT2D eigenvalue weighted by Gasteiger charge is -2.26. The summed E-state index contributed by atoms with van der Waals surface area (Å²) < 4.78 is 50.5. The number of halogens is 2. The number of sulfonamides is 1. The number of benzene rings is 2. The molecule has 1 N–H and O–H groups in total. The zero-order chi connectivity index (χ0) is 21.0. The smallest absolute Gasteiger partial charge is 0.262 e. The van der Waals surface area contributed by atoms with Crippen molar-refractivity contribution in [3.8, 4) is 5.75 Å². The molecule has 0 bridgehead atoms. The third-order valence-corrected chi connectivity index (χ3v) is 6.53. The highest BCUT2D eigenvalue weighted by Crippen LogP contribution is 2.26. The van der Waals surface area contributed by atoms with Crippen molar-refractivity contribution in [2.24, 2.45) is 0 Å². The van der Waals surface area contributed by atoms with E-state index in [1.165, 1.54) is 28.6 Å². The molecular formula is C19H20ClFN2O5S. The summed E-state index contributed by atoms with van der Waals surface area (Å²) in [6.45, 7) is 2.63. The average molecular weight is 443 g/mol. The molecule has 10 heteroatoms. The Kier molecular flexibility index (Phi) is 6.74. The van der Waals surface area contributed by atoms with Crippen molar-refractivity contribution in [2.45, 2.75) is 11.8 Å². The van der Waals surface area contributed by atoms with Crippen LogP contribution in [0.25, 0.3) is 0 Å². The minimum Gasteiger partial charge on any atom is -0.482 e. The van der Waals surface area contributed by atoms with E-state index in [0.29, 0.717) is 24.5 Å². The maximum absolute atomic E-state index is 13.1. The third kappa shape index (κ3) is 5.24. The molecule has 1 amide bonds. The van der Waals surface area contributed by atoms with Gasteiger partial charge in [0.2, 0.25) is 10.0 Å². The number of anilines is 1. The Morgan fingerprint density at radius 1 is 1.24 bits per heavy atom. The highest BCUT2D eigenvalue weighted by molar-refractivity contribution is 7.89. The van der Waals surface area contributed by atoms with Gasteiger partial charge >= 0.3 is 0 Å². The molecule has 1 aliphatic rings. The van der Waals surface area contributed by atoms with Crippen LogP contribution in [-0.4, -0.2) is 51.5 Å². The van der Waals surface area contributed by atoms with Crippen LogP contribution in [0.4, 0.5) is 10.1 Å². The van der Waals surface area contributed by atoms with Gasteiger partial charge in [-0.15, -0.1) is 0 Å². The van der Waals surface area contributed by atoms with E-state index in [4.69, 9.17) is 21.1 Å². The molecule has 1 aliphatic heterocycles. The van der Waals surface area contributed by atoms with Crippen molar-refractivity contribution in [1.29, 1.82) is 0 Å². The molecule has 3 rings (SSSR count). The first-order chi connectivity index (χ1) is 13.8. The molecule has 1 heterocycles. The normalized spacial score (nSPS) is 15.1. The van der Waals surface area contributed by atoms with Gasteiger partial charge < -0.3 is 14.8 Å². The highest BCUT2D eigenvalue weighted by Gasteiger charge is 2.26. The molecule has 0 spiro atoms. The fourth-order valence-electron chi connectivity index (χ4n) is 2.75. The van der Waals surface area contributed by atoms with E-state index in [2.05, 4.69) is 5.32 Å². The standard InChI is InChI=1S/C19H20ClFN2O5S/c1-13-2-4-15(29(25,26)23-6-8-27-9-7-23)11-17(13)22-19(24)12-28-18-5-3-14(21)10-16(18)20/h2-5,10-11H,6-9,12H2,1H3,(H,22,24). The fraction of sp³-hybridized carbons (Fsp3) is 0.316. The summed E-state index contributed by atoms with van der Waals surface area (Å²) in [6.07, 6.45) is 0. The Morgan fingerprint density at radius 3 is 2.66 bits per heavy atom. The maximum Gasteiger partial charge on any atom is 0.262 e. The molecule has 1 fully saturated rings. The molecule has 0 aromatic heterocycles. The van der Waals surface area contributed by atoms with Crippen molar-refractivity contribution in [3.05, 3.63) is 52.8 Å². The molecule has 156 valence electrons. The molecule has 0 saturated carbocycles. The zero-order valence-electron chi connectivity index (χ0n) is 15.7. The number of rotatable bonds is 6. The van der Waals surface area contributed by atoms with Crippen LogP contribution >= 0.6 is 11.6 Å². The summed E-state index contributed by atoms with van der Waals surface area (Å²) in [6, 6.07) is 8.13. The fourth-order valence-corrected chi connectivity index (χ4v) is 4.41. The molecule has 0 atom stereocenters. The third-order valence-electron chi connectivity index (χ3n) is 4.34. The second-order valence-electron chi connectivity index (χ2n) is 6.40. The molecule has 1 saturated heterocycles. The average Bonchev–Trinajstić information content (AvgIpc) is 2.69. The van der Waals surface area contributed by atoms with Crippen molar-refractivity contribution < 1.29 is 27.1 Å². The summed E-state index contributed by atoms with van der Waals surface area (Å²) in [7, 11) is -3.68. The number of nitrogens with zero attached hydrogens (tertiary/aromatic N) is 1. The number of ether oxygens (including phenoxy) is 2. The number of hydrogen-bond acceptors (Lipinski definition) is 5. The van der Waals surface area contributed by atoms with E-state index in [1.807, 2.05) is 0 Å². The first-order valence-corrected chi connectivity index (χ1v) is 10.7. The van der Waals surface area contributed by atoms with E-state index in [9.17, 15) is 17.6 Å². The minimum absolute atomic E-state index is 0.0487. The lowest BCUT2D eigenvalue weighted by Crippen LogP contribution is -2.40. The first kappa shape index (κ1) is 21.5. The molecule has 0 aliphatic carbocycles. The summed E-state index contributed by atoms with van der Waals surface area (Å²) in [5.74, 6) is -0.848. The maximum atomic E-state index is 13.1. The van der Waals surface area contributed by atoms with Gasteiger partial charge in [0.25, 0.3) is 5.91 Å². The van der Waals surface area contributed by atoms with Gasteiger partial charge in [0.05, 0.1) is 23.1 Å². The number of nitrogens with one attached hydrogen (secondary N) is 1. The van der Waals surface area contributed by atoms with Crippen LogP contribution in [0.1, 0.15) is 5.56 Å². The highest BCUT2D eigenvalue weighted by atomic mass is 35.5. The van der Waals surface area contributed by atoms with Crippen LogP contribution in [-0.2, 0) is 19.6 Å². The number of carbonyl (C=O) groups excluding carboxylic acids is 1. The number of morpholine rings is 1. The summed E-state index contributed by atoms with van der Waals surface area (Å²) >= 11 is 5.87. The van der Waals surface area contributed by atoms with E-state index in [-0.39, 0.29) is 35.4 Å². The van der Waals surface area contributed by atoms with Gasteiger partial charge in [0.15, 0.2) is 6.61 Å². The topological polar surface area (TPSA) is 84.9 Å². The predicted molar refractivity (Wildman–Crippen MR) is 106 cm³/mol. The van der Waals surface area contributed by atoms with Gasteiger partial charge in [-0.25, -0.2) is 12.8 Å². The van der Waals surface area contributed by atoms with E-state index >= 15 is 0 Å². The Hall–Kier alpha value is -2.20. The van der Waals surface area contributed by atoms with Crippen molar-refractivity contribution >= 4 is 33.2 Å². The van der Waals surface area contributed by atoms with Crippen LogP contribution in [0.15, 0.2) is 41.3 Å². The Morgan fingerprint density at radius 2 is 1.97 bits per heavy atom. The Labute approximate surface area is 173 Å². The number of hydrogen-bond donors (Lipinski definition) is 1. The van der Waals surface area contributed by atoms with E-state index < -0.39 is 21.7 Å². The number of amides is 1. The predicted octanol–water partition coefficient (Wildman–Crippen LogP) is 2.83. The van der Waals surface area contributed by atoms with E-state index in [1.54, 1.807) is 13.0 Å². The number of aryl methyl sites for hydroxylation is 1. The van der Waals surface area contributed by atoms with Crippen molar-refractivity contribution in [2.75, 3.05) is 38.2 Å². The van der Waals surface area contributed by atoms with Gasteiger partial charge in [-0.3, -0.25) is 4.79 Å². The second-order valence-corrected chi connectivity index (χ2v) is 8.75. The van der Waals surface area contributed by atoms with E-state index in [0.717, 1.165) is 6.07 Å². The monoisotopic (exact) mass is 442 g/mol. The van der Waals surface area contributed by atoms with Crippen LogP contribution in [0, 0.1) is 12.7 Å². The van der Waals surface area contributed by atoms with Crippen LogP contribution in [0.3, 0.4) is 0 Å². The quantitative estimate of drug-likeness (QED) is 0.743. The molecule has 2 aromatic carbocycles. The summed E-state index contributed by atoms with van der Waals surface area (Å²) in [4.78, 5) is 12.3. The molecular weight excluding hydrogens is 423 g/mol. The van der Waals surface area contributed by atoms with Crippen molar-refractivity contribution in [1.82, 2.24) is 4.31 Å². The lowest BCUT2D eigenvalue weighted by atomic mass is 10.2. The Balaban J connectivity index is 1.70. The molecule has 2 aromatic rings. The minimum atomic E-state index is -3.68. The Bertz CT molecular complexity index is 1010. The van der Waals surface area contributed by atoms with Gasteiger partial charge in [-0.05, 0) is 42.8 Å². The van der Waals surface area contributed by atoms with Crippen LogP contribution < -0.4 is 10.1 Å². The second kappa shape index (κ2) is 9.08. The lowest BCUT2D eigenvalue weighted by molar-refractivity contribution is -0.118. The van der Waals surface area contributed by atoms with Gasteiger partial charge in [-0.2, -0.15) is 4.31 Å². The van der Waals surface area contributed by atoms with Crippen molar-refractivity contribution in [3.63, 3.8) is 0 Å². The molecule has 0 unspecified atom stereocenters. The first-order valence-electron chi connectivity index (χ1n) is 8.83.